The zero-order valence-corrected chi connectivity index (χ0v) is 11.7. The first kappa shape index (κ1) is 15.7. The molecule has 108 valence electrons. The van der Waals surface area contributed by atoms with Crippen LogP contribution in [0.5, 0.6) is 0 Å². The highest BCUT2D eigenvalue weighted by molar-refractivity contribution is 5.91. The molecule has 5 nitrogen and oxygen atoms in total. The van der Waals surface area contributed by atoms with Crippen molar-refractivity contribution in [3.63, 3.8) is 0 Å². The van der Waals surface area contributed by atoms with E-state index in [9.17, 15) is 14.4 Å². The fourth-order valence-corrected chi connectivity index (χ4v) is 2.38. The Hall–Kier alpha value is -1.39. The molecule has 1 amide bonds. The Bertz CT molecular complexity index is 332. The first-order chi connectivity index (χ1) is 9.04. The SMILES string of the molecule is COC(=O)CC(NC(=O)C1CCCCCC1)C(C)=O. The van der Waals surface area contributed by atoms with Gasteiger partial charge in [0.1, 0.15) is 0 Å². The van der Waals surface area contributed by atoms with Crippen LogP contribution in [0, 0.1) is 5.92 Å². The summed E-state index contributed by atoms with van der Waals surface area (Å²) in [5.41, 5.74) is 0. The lowest BCUT2D eigenvalue weighted by Gasteiger charge is -2.19. The van der Waals surface area contributed by atoms with Crippen molar-refractivity contribution in [3.8, 4) is 0 Å². The standard InChI is InChI=1S/C14H23NO4/c1-10(16)12(9-13(17)19-2)15-14(18)11-7-5-3-4-6-8-11/h11-12H,3-9H2,1-2H3,(H,15,18). The van der Waals surface area contributed by atoms with E-state index >= 15 is 0 Å². The number of carbonyl (C=O) groups is 3. The lowest BCUT2D eigenvalue weighted by atomic mass is 9.98. The van der Waals surface area contributed by atoms with Crippen molar-refractivity contribution < 1.29 is 19.1 Å². The Morgan fingerprint density at radius 1 is 1.16 bits per heavy atom. The molecule has 1 rings (SSSR count). The maximum absolute atomic E-state index is 12.1. The summed E-state index contributed by atoms with van der Waals surface area (Å²) in [6.45, 7) is 1.38. The van der Waals surface area contributed by atoms with Crippen LogP contribution in [0.25, 0.3) is 0 Å². The summed E-state index contributed by atoms with van der Waals surface area (Å²) in [4.78, 5) is 34.8. The number of Topliss-reactive ketones (excluding diaryl/α,β-unsaturated/α-hetero) is 1. The molecule has 5 heteroatoms. The summed E-state index contributed by atoms with van der Waals surface area (Å²) in [6.07, 6.45) is 6.09. The van der Waals surface area contributed by atoms with Crippen LogP contribution in [-0.2, 0) is 19.1 Å². The highest BCUT2D eigenvalue weighted by Crippen LogP contribution is 2.23. The molecule has 19 heavy (non-hydrogen) atoms. The maximum atomic E-state index is 12.1. The van der Waals surface area contributed by atoms with Crippen molar-refractivity contribution in [2.45, 2.75) is 57.9 Å². The summed E-state index contributed by atoms with van der Waals surface area (Å²) in [5.74, 6) is -0.832. The van der Waals surface area contributed by atoms with Crippen LogP contribution in [0.3, 0.4) is 0 Å². The monoisotopic (exact) mass is 269 g/mol. The normalized spacial score (nSPS) is 18.2. The van der Waals surface area contributed by atoms with Crippen LogP contribution in [0.15, 0.2) is 0 Å². The average molecular weight is 269 g/mol. The van der Waals surface area contributed by atoms with Gasteiger partial charge in [-0.1, -0.05) is 25.7 Å². The van der Waals surface area contributed by atoms with Crippen LogP contribution in [0.1, 0.15) is 51.9 Å². The predicted octanol–water partition coefficient (Wildman–Crippen LogP) is 1.59. The van der Waals surface area contributed by atoms with E-state index in [2.05, 4.69) is 10.1 Å². The molecule has 0 aromatic rings. The largest absolute Gasteiger partial charge is 0.469 e. The molecule has 1 saturated carbocycles. The van der Waals surface area contributed by atoms with Crippen LogP contribution >= 0.6 is 0 Å². The predicted molar refractivity (Wildman–Crippen MR) is 70.4 cm³/mol. The molecule has 1 atom stereocenters. The minimum atomic E-state index is -0.761. The number of amides is 1. The fourth-order valence-electron chi connectivity index (χ4n) is 2.38. The van der Waals surface area contributed by atoms with Gasteiger partial charge in [-0.15, -0.1) is 0 Å². The number of esters is 1. The number of nitrogens with one attached hydrogen (secondary N) is 1. The zero-order valence-electron chi connectivity index (χ0n) is 11.7. The van der Waals surface area contributed by atoms with E-state index in [0.29, 0.717) is 0 Å². The van der Waals surface area contributed by atoms with Gasteiger partial charge in [-0.05, 0) is 19.8 Å². The van der Waals surface area contributed by atoms with Crippen LogP contribution < -0.4 is 5.32 Å². The van der Waals surface area contributed by atoms with Crippen molar-refractivity contribution in [2.75, 3.05) is 7.11 Å². The second-order valence-corrected chi connectivity index (χ2v) is 5.14. The number of carbonyl (C=O) groups excluding carboxylic acids is 3. The Morgan fingerprint density at radius 3 is 2.21 bits per heavy atom. The van der Waals surface area contributed by atoms with E-state index in [0.717, 1.165) is 25.7 Å². The Morgan fingerprint density at radius 2 is 1.74 bits per heavy atom. The number of ketones is 1. The molecule has 1 fully saturated rings. The molecular weight excluding hydrogens is 246 g/mol. The lowest BCUT2D eigenvalue weighted by molar-refractivity contribution is -0.143. The molecule has 1 aliphatic rings. The van der Waals surface area contributed by atoms with E-state index in [1.807, 2.05) is 0 Å². The van der Waals surface area contributed by atoms with Crippen LogP contribution in [0.2, 0.25) is 0 Å². The molecule has 0 heterocycles. The topological polar surface area (TPSA) is 72.5 Å². The molecule has 0 aromatic carbocycles. The number of methoxy groups -OCH3 is 1. The summed E-state index contributed by atoms with van der Waals surface area (Å²) < 4.78 is 4.54. The van der Waals surface area contributed by atoms with Gasteiger partial charge in [0, 0.05) is 5.92 Å². The average Bonchev–Trinajstić information content (AvgIpc) is 2.66. The van der Waals surface area contributed by atoms with Gasteiger partial charge in [-0.2, -0.15) is 0 Å². The summed E-state index contributed by atoms with van der Waals surface area (Å²) >= 11 is 0. The second-order valence-electron chi connectivity index (χ2n) is 5.14. The van der Waals surface area contributed by atoms with Gasteiger partial charge in [-0.3, -0.25) is 14.4 Å². The number of hydrogen-bond acceptors (Lipinski definition) is 4. The van der Waals surface area contributed by atoms with Crippen molar-refractivity contribution >= 4 is 17.7 Å². The fraction of sp³-hybridized carbons (Fsp3) is 0.786. The molecule has 0 spiro atoms. The minimum Gasteiger partial charge on any atom is -0.469 e. The quantitative estimate of drug-likeness (QED) is 0.607. The molecule has 0 bridgehead atoms. The molecule has 0 radical (unpaired) electrons. The molecule has 1 N–H and O–H groups in total. The summed E-state index contributed by atoms with van der Waals surface area (Å²) in [6, 6.07) is -0.761. The molecule has 0 aromatic heterocycles. The molecule has 1 aliphatic carbocycles. The van der Waals surface area contributed by atoms with Crippen molar-refractivity contribution in [3.05, 3.63) is 0 Å². The zero-order chi connectivity index (χ0) is 14.3. The number of hydrogen-bond donors (Lipinski definition) is 1. The summed E-state index contributed by atoms with van der Waals surface area (Å²) in [7, 11) is 1.27. The van der Waals surface area contributed by atoms with Crippen molar-refractivity contribution in [1.29, 1.82) is 0 Å². The van der Waals surface area contributed by atoms with Crippen molar-refractivity contribution in [1.82, 2.24) is 5.32 Å². The third kappa shape index (κ3) is 5.41. The van der Waals surface area contributed by atoms with Crippen molar-refractivity contribution in [2.24, 2.45) is 5.92 Å². The first-order valence-corrected chi connectivity index (χ1v) is 6.92. The van der Waals surface area contributed by atoms with E-state index in [-0.39, 0.29) is 24.0 Å². The highest BCUT2D eigenvalue weighted by Gasteiger charge is 2.26. The van der Waals surface area contributed by atoms with E-state index in [1.54, 1.807) is 0 Å². The molecule has 0 saturated heterocycles. The lowest BCUT2D eigenvalue weighted by Crippen LogP contribution is -2.44. The van der Waals surface area contributed by atoms with Gasteiger partial charge in [0.15, 0.2) is 5.78 Å². The highest BCUT2D eigenvalue weighted by atomic mass is 16.5. The maximum Gasteiger partial charge on any atom is 0.308 e. The van der Waals surface area contributed by atoms with Gasteiger partial charge in [0.2, 0.25) is 5.91 Å². The van der Waals surface area contributed by atoms with E-state index in [1.165, 1.54) is 26.9 Å². The first-order valence-electron chi connectivity index (χ1n) is 6.92. The minimum absolute atomic E-state index is 0.0259. The number of ether oxygens (including phenoxy) is 1. The number of rotatable bonds is 5. The smallest absolute Gasteiger partial charge is 0.308 e. The Labute approximate surface area is 114 Å². The van der Waals surface area contributed by atoms with Gasteiger partial charge >= 0.3 is 5.97 Å². The van der Waals surface area contributed by atoms with E-state index < -0.39 is 12.0 Å². The Kier molecular flexibility index (Phi) is 6.53. The van der Waals surface area contributed by atoms with E-state index in [4.69, 9.17) is 0 Å². The molecule has 1 unspecified atom stereocenters. The van der Waals surface area contributed by atoms with Gasteiger partial charge in [0.25, 0.3) is 0 Å². The molecule has 0 aliphatic heterocycles. The van der Waals surface area contributed by atoms with Gasteiger partial charge in [-0.25, -0.2) is 0 Å². The Balaban J connectivity index is 2.54. The van der Waals surface area contributed by atoms with Gasteiger partial charge in [0.05, 0.1) is 19.6 Å². The van der Waals surface area contributed by atoms with Crippen LogP contribution in [-0.4, -0.2) is 30.8 Å². The third-order valence-electron chi connectivity index (χ3n) is 3.63. The second kappa shape index (κ2) is 7.92. The van der Waals surface area contributed by atoms with Gasteiger partial charge < -0.3 is 10.1 Å². The molecular formula is C14H23NO4. The third-order valence-corrected chi connectivity index (χ3v) is 3.63. The summed E-state index contributed by atoms with van der Waals surface area (Å²) in [5, 5.41) is 2.69. The van der Waals surface area contributed by atoms with Crippen LogP contribution in [0.4, 0.5) is 0 Å².